The minimum atomic E-state index is -0.499. The molecule has 0 bridgehead atoms. The Morgan fingerprint density at radius 2 is 1.74 bits per heavy atom. The Morgan fingerprint density at radius 1 is 1.00 bits per heavy atom. The summed E-state index contributed by atoms with van der Waals surface area (Å²) < 4.78 is 0. The van der Waals surface area contributed by atoms with Crippen molar-refractivity contribution in [2.75, 3.05) is 0 Å². The fourth-order valence-electron chi connectivity index (χ4n) is 6.62. The van der Waals surface area contributed by atoms with E-state index in [1.807, 2.05) is 0 Å². The molecule has 1 N–H and O–H groups in total. The van der Waals surface area contributed by atoms with Crippen LogP contribution in [-0.2, 0) is 4.79 Å². The highest BCUT2D eigenvalue weighted by molar-refractivity contribution is 5.70. The van der Waals surface area contributed by atoms with Crippen molar-refractivity contribution < 1.29 is 9.90 Å². The van der Waals surface area contributed by atoms with Gasteiger partial charge in [0.25, 0.3) is 0 Å². The van der Waals surface area contributed by atoms with Crippen molar-refractivity contribution in [3.05, 3.63) is 0 Å². The fourth-order valence-corrected chi connectivity index (χ4v) is 6.62. The predicted molar refractivity (Wildman–Crippen MR) is 94.2 cm³/mol. The molecule has 23 heavy (non-hydrogen) atoms. The van der Waals surface area contributed by atoms with Crippen LogP contribution in [0.25, 0.3) is 0 Å². The lowest BCUT2D eigenvalue weighted by Crippen LogP contribution is -2.48. The van der Waals surface area contributed by atoms with Crippen molar-refractivity contribution in [2.45, 2.75) is 84.5 Å². The maximum atomic E-state index is 12.0. The second-order valence-corrected chi connectivity index (χ2v) is 8.93. The molecule has 3 aliphatic rings. The second kappa shape index (κ2) is 7.57. The summed E-state index contributed by atoms with van der Waals surface area (Å²) in [5.41, 5.74) is 0. The lowest BCUT2D eigenvalue weighted by atomic mass is 9.52. The zero-order chi connectivity index (χ0) is 16.4. The standard InChI is InChI=1S/C21H36O2/c1-3-7-15-10-11-17-18(13-15)14(2)12-19(21(22)23)20(17)16-8-5-4-6-9-16/h14-20H,3-13H2,1-2H3,(H,22,23). The van der Waals surface area contributed by atoms with Gasteiger partial charge in [0.05, 0.1) is 5.92 Å². The van der Waals surface area contributed by atoms with E-state index in [0.717, 1.165) is 18.3 Å². The molecule has 3 fully saturated rings. The van der Waals surface area contributed by atoms with Crippen molar-refractivity contribution in [3.63, 3.8) is 0 Å². The van der Waals surface area contributed by atoms with Crippen LogP contribution in [0, 0.1) is 41.4 Å². The molecule has 6 unspecified atom stereocenters. The van der Waals surface area contributed by atoms with Gasteiger partial charge in [-0.25, -0.2) is 0 Å². The smallest absolute Gasteiger partial charge is 0.306 e. The van der Waals surface area contributed by atoms with E-state index in [1.54, 1.807) is 0 Å². The molecule has 0 aromatic rings. The maximum absolute atomic E-state index is 12.0. The Labute approximate surface area is 142 Å². The van der Waals surface area contributed by atoms with Gasteiger partial charge in [0.1, 0.15) is 0 Å². The van der Waals surface area contributed by atoms with E-state index in [1.165, 1.54) is 64.2 Å². The summed E-state index contributed by atoms with van der Waals surface area (Å²) in [6.07, 6.45) is 14.3. The average Bonchev–Trinajstić information content (AvgIpc) is 2.56. The number of fused-ring (bicyclic) bond motifs is 1. The van der Waals surface area contributed by atoms with Crippen LogP contribution >= 0.6 is 0 Å². The molecule has 3 rings (SSSR count). The minimum Gasteiger partial charge on any atom is -0.481 e. The molecule has 0 saturated heterocycles. The molecule has 2 heteroatoms. The van der Waals surface area contributed by atoms with Crippen molar-refractivity contribution in [3.8, 4) is 0 Å². The van der Waals surface area contributed by atoms with Crippen molar-refractivity contribution in [1.82, 2.24) is 0 Å². The lowest BCUT2D eigenvalue weighted by molar-refractivity contribution is -0.152. The van der Waals surface area contributed by atoms with Crippen LogP contribution in [0.2, 0.25) is 0 Å². The number of carbonyl (C=O) groups is 1. The third-order valence-corrected chi connectivity index (χ3v) is 7.59. The third kappa shape index (κ3) is 3.61. The molecule has 6 atom stereocenters. The molecule has 0 heterocycles. The van der Waals surface area contributed by atoms with Crippen LogP contribution in [0.15, 0.2) is 0 Å². The van der Waals surface area contributed by atoms with Crippen molar-refractivity contribution in [1.29, 1.82) is 0 Å². The first kappa shape index (κ1) is 17.3. The molecule has 0 spiro atoms. The fraction of sp³-hybridized carbons (Fsp3) is 0.952. The third-order valence-electron chi connectivity index (χ3n) is 7.59. The van der Waals surface area contributed by atoms with Crippen LogP contribution in [0.4, 0.5) is 0 Å². The molecule has 3 aliphatic carbocycles. The molecule has 0 aliphatic heterocycles. The first-order chi connectivity index (χ1) is 11.1. The normalized spacial score (nSPS) is 42.2. The number of carboxylic acid groups (broad SMARTS) is 1. The first-order valence-electron chi connectivity index (χ1n) is 10.3. The summed E-state index contributed by atoms with van der Waals surface area (Å²) in [6, 6.07) is 0. The molecular weight excluding hydrogens is 284 g/mol. The molecule has 2 nitrogen and oxygen atoms in total. The number of hydrogen-bond donors (Lipinski definition) is 1. The van der Waals surface area contributed by atoms with Gasteiger partial charge in [0.2, 0.25) is 0 Å². The largest absolute Gasteiger partial charge is 0.481 e. The predicted octanol–water partition coefficient (Wildman–Crippen LogP) is 5.76. The highest BCUT2D eigenvalue weighted by Gasteiger charge is 2.50. The van der Waals surface area contributed by atoms with Crippen LogP contribution in [0.3, 0.4) is 0 Å². The van der Waals surface area contributed by atoms with Gasteiger partial charge >= 0.3 is 5.97 Å². The van der Waals surface area contributed by atoms with E-state index in [-0.39, 0.29) is 5.92 Å². The summed E-state index contributed by atoms with van der Waals surface area (Å²) in [7, 11) is 0. The van der Waals surface area contributed by atoms with Crippen molar-refractivity contribution >= 4 is 5.97 Å². The SMILES string of the molecule is CCCC1CCC2C(C1)C(C)CC(C(=O)O)C2C1CCCCC1. The quantitative estimate of drug-likeness (QED) is 0.715. The van der Waals surface area contributed by atoms with Gasteiger partial charge in [-0.05, 0) is 54.8 Å². The van der Waals surface area contributed by atoms with Gasteiger partial charge in [-0.15, -0.1) is 0 Å². The Kier molecular flexibility index (Phi) is 5.69. The van der Waals surface area contributed by atoms with Gasteiger partial charge in [0.15, 0.2) is 0 Å². The Hall–Kier alpha value is -0.530. The average molecular weight is 321 g/mol. The van der Waals surface area contributed by atoms with E-state index in [4.69, 9.17) is 0 Å². The Bertz CT molecular complexity index is 399. The van der Waals surface area contributed by atoms with E-state index in [2.05, 4.69) is 13.8 Å². The molecule has 0 radical (unpaired) electrons. The van der Waals surface area contributed by atoms with Gasteiger partial charge in [0, 0.05) is 0 Å². The Morgan fingerprint density at radius 3 is 2.39 bits per heavy atom. The number of carboxylic acids is 1. The molecule has 0 aromatic heterocycles. The summed E-state index contributed by atoms with van der Waals surface area (Å²) in [4.78, 5) is 12.0. The monoisotopic (exact) mass is 320 g/mol. The van der Waals surface area contributed by atoms with Crippen LogP contribution in [0.1, 0.15) is 84.5 Å². The van der Waals surface area contributed by atoms with Crippen molar-refractivity contribution in [2.24, 2.45) is 41.4 Å². The van der Waals surface area contributed by atoms with Crippen LogP contribution < -0.4 is 0 Å². The summed E-state index contributed by atoms with van der Waals surface area (Å²) in [5, 5.41) is 9.88. The van der Waals surface area contributed by atoms with Gasteiger partial charge < -0.3 is 5.11 Å². The van der Waals surface area contributed by atoms with Gasteiger partial charge in [-0.2, -0.15) is 0 Å². The minimum absolute atomic E-state index is 0.0583. The number of aliphatic carboxylic acids is 1. The Balaban J connectivity index is 1.79. The van der Waals surface area contributed by atoms with E-state index in [9.17, 15) is 9.90 Å². The van der Waals surface area contributed by atoms with Gasteiger partial charge in [-0.1, -0.05) is 65.2 Å². The van der Waals surface area contributed by atoms with E-state index in [0.29, 0.717) is 23.7 Å². The zero-order valence-corrected chi connectivity index (χ0v) is 15.2. The summed E-state index contributed by atoms with van der Waals surface area (Å²) >= 11 is 0. The zero-order valence-electron chi connectivity index (χ0n) is 15.2. The molecule has 0 aromatic carbocycles. The number of hydrogen-bond acceptors (Lipinski definition) is 1. The summed E-state index contributed by atoms with van der Waals surface area (Å²) in [6.45, 7) is 4.65. The summed E-state index contributed by atoms with van der Waals surface area (Å²) in [5.74, 6) is 3.67. The molecule has 0 amide bonds. The van der Waals surface area contributed by atoms with Crippen LogP contribution in [0.5, 0.6) is 0 Å². The molecule has 3 saturated carbocycles. The van der Waals surface area contributed by atoms with Gasteiger partial charge in [-0.3, -0.25) is 4.79 Å². The highest BCUT2D eigenvalue weighted by atomic mass is 16.4. The first-order valence-corrected chi connectivity index (χ1v) is 10.3. The number of rotatable bonds is 4. The molecular formula is C21H36O2. The highest BCUT2D eigenvalue weighted by Crippen LogP contribution is 2.55. The van der Waals surface area contributed by atoms with E-state index < -0.39 is 5.97 Å². The second-order valence-electron chi connectivity index (χ2n) is 8.93. The topological polar surface area (TPSA) is 37.3 Å². The maximum Gasteiger partial charge on any atom is 0.306 e. The lowest BCUT2D eigenvalue weighted by Gasteiger charge is -2.52. The molecule has 132 valence electrons. The van der Waals surface area contributed by atoms with Crippen LogP contribution in [-0.4, -0.2) is 11.1 Å². The van der Waals surface area contributed by atoms with E-state index >= 15 is 0 Å².